The number of fused-ring (bicyclic) bond motifs is 1. The van der Waals surface area contributed by atoms with Gasteiger partial charge in [-0.1, -0.05) is 0 Å². The molecule has 0 saturated heterocycles. The lowest BCUT2D eigenvalue weighted by Gasteiger charge is -2.13. The lowest BCUT2D eigenvalue weighted by molar-refractivity contribution is -0.120. The molecule has 0 fully saturated rings. The minimum absolute atomic E-state index is 0.0252. The summed E-state index contributed by atoms with van der Waals surface area (Å²) in [4.78, 5) is 17.5. The molecule has 0 saturated carbocycles. The van der Waals surface area contributed by atoms with E-state index in [9.17, 15) is 4.79 Å². The zero-order valence-corrected chi connectivity index (χ0v) is 11.1. The fourth-order valence-corrected chi connectivity index (χ4v) is 1.79. The number of carbonyl (C=O) groups is 1. The van der Waals surface area contributed by atoms with Crippen LogP contribution in [0.2, 0.25) is 0 Å². The summed E-state index contributed by atoms with van der Waals surface area (Å²) in [7, 11) is 3.56. The summed E-state index contributed by atoms with van der Waals surface area (Å²) in [6, 6.07) is 5.38. The van der Waals surface area contributed by atoms with Gasteiger partial charge in [-0.05, 0) is 25.2 Å². The number of hydrogen-bond acceptors (Lipinski definition) is 5. The van der Waals surface area contributed by atoms with Gasteiger partial charge in [0.05, 0.1) is 6.54 Å². The maximum Gasteiger partial charge on any atom is 0.221 e. The van der Waals surface area contributed by atoms with Crippen LogP contribution in [0.3, 0.4) is 0 Å². The lowest BCUT2D eigenvalue weighted by Crippen LogP contribution is -2.26. The molecule has 1 aromatic heterocycles. The molecule has 19 heavy (non-hydrogen) atoms. The van der Waals surface area contributed by atoms with Gasteiger partial charge in [0.15, 0.2) is 5.58 Å². The molecule has 1 aromatic carbocycles. The third-order valence-electron chi connectivity index (χ3n) is 2.86. The second-order valence-electron chi connectivity index (χ2n) is 4.50. The number of amides is 1. The molecule has 0 aliphatic rings. The summed E-state index contributed by atoms with van der Waals surface area (Å²) < 4.78 is 5.62. The number of carbonyl (C=O) groups excluding carboxylic acids is 1. The fraction of sp³-hybridized carbons (Fsp3) is 0.385. The van der Waals surface area contributed by atoms with Crippen molar-refractivity contribution in [1.82, 2.24) is 15.2 Å². The van der Waals surface area contributed by atoms with E-state index in [4.69, 9.17) is 10.2 Å². The Balaban J connectivity index is 1.98. The highest BCUT2D eigenvalue weighted by atomic mass is 16.3. The summed E-state index contributed by atoms with van der Waals surface area (Å²) in [6.07, 6.45) is 0.459. The van der Waals surface area contributed by atoms with Gasteiger partial charge in [0.1, 0.15) is 5.52 Å². The van der Waals surface area contributed by atoms with Gasteiger partial charge >= 0.3 is 0 Å². The third kappa shape index (κ3) is 3.45. The first-order chi connectivity index (χ1) is 9.08. The standard InChI is InChI=1S/C13H18N4O2/c1-15-12(18)5-6-17(2)8-13-16-10-7-9(14)3-4-11(10)19-13/h3-4,7H,5-6,8,14H2,1-2H3,(H,15,18). The number of nitrogens with two attached hydrogens (primary N) is 1. The van der Waals surface area contributed by atoms with Crippen LogP contribution >= 0.6 is 0 Å². The molecule has 2 aromatic rings. The summed E-state index contributed by atoms with van der Waals surface area (Å²) >= 11 is 0. The van der Waals surface area contributed by atoms with E-state index >= 15 is 0 Å². The van der Waals surface area contributed by atoms with Crippen molar-refractivity contribution in [2.75, 3.05) is 26.4 Å². The Morgan fingerprint density at radius 1 is 1.53 bits per heavy atom. The average Bonchev–Trinajstić information content (AvgIpc) is 2.77. The van der Waals surface area contributed by atoms with Crippen molar-refractivity contribution in [1.29, 1.82) is 0 Å². The first-order valence-corrected chi connectivity index (χ1v) is 6.12. The number of benzene rings is 1. The smallest absolute Gasteiger partial charge is 0.221 e. The van der Waals surface area contributed by atoms with Gasteiger partial charge in [-0.3, -0.25) is 9.69 Å². The summed E-state index contributed by atoms with van der Waals surface area (Å²) in [5, 5.41) is 2.59. The minimum atomic E-state index is 0.0252. The summed E-state index contributed by atoms with van der Waals surface area (Å²) in [6.45, 7) is 1.21. The Hall–Kier alpha value is -2.08. The second kappa shape index (κ2) is 5.71. The van der Waals surface area contributed by atoms with Gasteiger partial charge in [0.25, 0.3) is 0 Å². The lowest BCUT2D eigenvalue weighted by atomic mass is 10.3. The normalized spacial score (nSPS) is 11.1. The average molecular weight is 262 g/mol. The topological polar surface area (TPSA) is 84.4 Å². The van der Waals surface area contributed by atoms with Crippen molar-refractivity contribution in [3.05, 3.63) is 24.1 Å². The number of anilines is 1. The molecule has 0 spiro atoms. The van der Waals surface area contributed by atoms with Gasteiger partial charge in [-0.15, -0.1) is 0 Å². The number of oxazole rings is 1. The SMILES string of the molecule is CNC(=O)CCN(C)Cc1nc2cc(N)ccc2o1. The molecule has 0 atom stereocenters. The van der Waals surface area contributed by atoms with Crippen molar-refractivity contribution in [2.45, 2.75) is 13.0 Å². The van der Waals surface area contributed by atoms with E-state index < -0.39 is 0 Å². The molecule has 0 aliphatic heterocycles. The van der Waals surface area contributed by atoms with E-state index in [1.807, 2.05) is 18.0 Å². The number of aromatic nitrogens is 1. The molecule has 0 radical (unpaired) electrons. The van der Waals surface area contributed by atoms with Gasteiger partial charge in [-0.25, -0.2) is 4.98 Å². The Morgan fingerprint density at radius 3 is 3.05 bits per heavy atom. The predicted molar refractivity (Wildman–Crippen MR) is 73.4 cm³/mol. The number of nitrogens with one attached hydrogen (secondary N) is 1. The maximum absolute atomic E-state index is 11.2. The molecular weight excluding hydrogens is 244 g/mol. The quantitative estimate of drug-likeness (QED) is 0.785. The first-order valence-electron chi connectivity index (χ1n) is 6.12. The van der Waals surface area contributed by atoms with Crippen molar-refractivity contribution in [2.24, 2.45) is 0 Å². The van der Waals surface area contributed by atoms with Crippen LogP contribution in [0.4, 0.5) is 5.69 Å². The van der Waals surface area contributed by atoms with E-state index in [2.05, 4.69) is 10.3 Å². The van der Waals surface area contributed by atoms with Crippen LogP contribution in [-0.2, 0) is 11.3 Å². The Kier molecular flexibility index (Phi) is 4.01. The minimum Gasteiger partial charge on any atom is -0.439 e. The van der Waals surface area contributed by atoms with Crippen molar-refractivity contribution in [3.63, 3.8) is 0 Å². The molecular formula is C13H18N4O2. The molecule has 0 unspecified atom stereocenters. The fourth-order valence-electron chi connectivity index (χ4n) is 1.79. The van der Waals surface area contributed by atoms with Crippen molar-refractivity contribution < 1.29 is 9.21 Å². The van der Waals surface area contributed by atoms with Crippen LogP contribution in [0.25, 0.3) is 11.1 Å². The summed E-state index contributed by atoms with van der Waals surface area (Å²) in [5.74, 6) is 0.650. The van der Waals surface area contributed by atoms with E-state index in [1.54, 1.807) is 19.2 Å². The monoisotopic (exact) mass is 262 g/mol. The second-order valence-corrected chi connectivity index (χ2v) is 4.50. The van der Waals surface area contributed by atoms with Crippen LogP contribution in [0, 0.1) is 0 Å². The molecule has 1 amide bonds. The number of nitrogens with zero attached hydrogens (tertiary/aromatic N) is 2. The molecule has 6 heteroatoms. The highest BCUT2D eigenvalue weighted by Gasteiger charge is 2.09. The Morgan fingerprint density at radius 2 is 2.32 bits per heavy atom. The Labute approximate surface area is 111 Å². The van der Waals surface area contributed by atoms with E-state index in [-0.39, 0.29) is 5.91 Å². The Bertz CT molecular complexity index is 579. The molecule has 0 bridgehead atoms. The van der Waals surface area contributed by atoms with Gasteiger partial charge in [0, 0.05) is 25.7 Å². The van der Waals surface area contributed by atoms with Crippen molar-refractivity contribution >= 4 is 22.7 Å². The van der Waals surface area contributed by atoms with Gasteiger partial charge in [0.2, 0.25) is 11.8 Å². The van der Waals surface area contributed by atoms with Crippen LogP contribution in [0.15, 0.2) is 22.6 Å². The van der Waals surface area contributed by atoms with Crippen molar-refractivity contribution in [3.8, 4) is 0 Å². The van der Waals surface area contributed by atoms with Crippen LogP contribution in [0.5, 0.6) is 0 Å². The molecule has 3 N–H and O–H groups in total. The molecule has 102 valence electrons. The third-order valence-corrected chi connectivity index (χ3v) is 2.86. The van der Waals surface area contributed by atoms with E-state index in [0.29, 0.717) is 31.1 Å². The first kappa shape index (κ1) is 13.4. The molecule has 1 heterocycles. The molecule has 6 nitrogen and oxygen atoms in total. The zero-order valence-electron chi connectivity index (χ0n) is 11.1. The predicted octanol–water partition coefficient (Wildman–Crippen LogP) is 0.978. The van der Waals surface area contributed by atoms with E-state index in [1.165, 1.54) is 0 Å². The van der Waals surface area contributed by atoms with Crippen LogP contribution in [0.1, 0.15) is 12.3 Å². The van der Waals surface area contributed by atoms with E-state index in [0.717, 1.165) is 11.1 Å². The number of nitrogen functional groups attached to an aromatic ring is 1. The largest absolute Gasteiger partial charge is 0.439 e. The number of hydrogen-bond donors (Lipinski definition) is 2. The molecule has 0 aliphatic carbocycles. The van der Waals surface area contributed by atoms with Gasteiger partial charge < -0.3 is 15.5 Å². The van der Waals surface area contributed by atoms with Crippen LogP contribution in [-0.4, -0.2) is 36.4 Å². The number of rotatable bonds is 5. The maximum atomic E-state index is 11.2. The zero-order chi connectivity index (χ0) is 13.8. The van der Waals surface area contributed by atoms with Gasteiger partial charge in [-0.2, -0.15) is 0 Å². The highest BCUT2D eigenvalue weighted by molar-refractivity contribution is 5.76. The molecule has 2 rings (SSSR count). The summed E-state index contributed by atoms with van der Waals surface area (Å²) in [5.41, 5.74) is 7.85. The highest BCUT2D eigenvalue weighted by Crippen LogP contribution is 2.18. The van der Waals surface area contributed by atoms with Crippen LogP contribution < -0.4 is 11.1 Å².